The molecule has 2 rings (SSSR count). The first kappa shape index (κ1) is 15.2. The number of hydrogen-bond donors (Lipinski definition) is 2. The zero-order chi connectivity index (χ0) is 15.6. The van der Waals surface area contributed by atoms with Crippen LogP contribution in [0.3, 0.4) is 0 Å². The fourth-order valence-electron chi connectivity index (χ4n) is 2.30. The van der Waals surface area contributed by atoms with Crippen molar-refractivity contribution in [1.29, 1.82) is 0 Å². The second-order valence-corrected chi connectivity index (χ2v) is 5.38. The summed E-state index contributed by atoms with van der Waals surface area (Å²) < 4.78 is 27.1. The number of likely N-dealkylation sites (tertiary alicyclic amines) is 1. The van der Waals surface area contributed by atoms with Gasteiger partial charge in [-0.3, -0.25) is 4.79 Å². The van der Waals surface area contributed by atoms with Crippen LogP contribution in [0, 0.1) is 17.0 Å². The van der Waals surface area contributed by atoms with Crippen LogP contribution >= 0.6 is 0 Å². The normalized spacial score (nSPS) is 17.4. The van der Waals surface area contributed by atoms with E-state index < -0.39 is 34.7 Å². The average molecular weight is 298 g/mol. The van der Waals surface area contributed by atoms with Gasteiger partial charge in [0.1, 0.15) is 17.3 Å². The van der Waals surface area contributed by atoms with Crippen molar-refractivity contribution < 1.29 is 23.5 Å². The third-order valence-electron chi connectivity index (χ3n) is 3.89. The fourth-order valence-corrected chi connectivity index (χ4v) is 2.30. The van der Waals surface area contributed by atoms with Crippen LogP contribution in [-0.4, -0.2) is 35.1 Å². The Morgan fingerprint density at radius 3 is 2.24 bits per heavy atom. The second-order valence-electron chi connectivity index (χ2n) is 5.38. The van der Waals surface area contributed by atoms with Crippen molar-refractivity contribution in [2.75, 3.05) is 18.4 Å². The maximum absolute atomic E-state index is 13.5. The van der Waals surface area contributed by atoms with E-state index in [-0.39, 0.29) is 13.1 Å². The zero-order valence-electron chi connectivity index (χ0n) is 11.5. The molecule has 2 amide bonds. The van der Waals surface area contributed by atoms with Crippen molar-refractivity contribution in [3.8, 4) is 0 Å². The number of carbonyl (C=O) groups is 2. The number of amides is 2. The summed E-state index contributed by atoms with van der Waals surface area (Å²) in [4.78, 5) is 24.3. The number of rotatable bonds is 2. The Morgan fingerprint density at radius 1 is 1.24 bits per heavy atom. The molecule has 7 heteroatoms. The predicted molar refractivity (Wildman–Crippen MR) is 71.9 cm³/mol. The van der Waals surface area contributed by atoms with Crippen LogP contribution < -0.4 is 5.32 Å². The molecule has 0 aromatic heterocycles. The topological polar surface area (TPSA) is 69.6 Å². The number of nitrogens with zero attached hydrogens (tertiary/aromatic N) is 1. The number of piperidine rings is 1. The van der Waals surface area contributed by atoms with Crippen molar-refractivity contribution >= 4 is 17.7 Å². The van der Waals surface area contributed by atoms with E-state index in [0.717, 1.165) is 12.1 Å². The number of anilines is 1. The van der Waals surface area contributed by atoms with Crippen molar-refractivity contribution in [3.05, 3.63) is 29.8 Å². The van der Waals surface area contributed by atoms with Crippen molar-refractivity contribution in [2.24, 2.45) is 5.41 Å². The lowest BCUT2D eigenvalue weighted by Gasteiger charge is -2.36. The van der Waals surface area contributed by atoms with Crippen LogP contribution in [0.4, 0.5) is 19.3 Å². The Bertz CT molecular complexity index is 549. The van der Waals surface area contributed by atoms with Crippen molar-refractivity contribution in [3.63, 3.8) is 0 Å². The van der Waals surface area contributed by atoms with Gasteiger partial charge in [-0.05, 0) is 25.0 Å². The van der Waals surface area contributed by atoms with E-state index in [1.54, 1.807) is 6.92 Å². The van der Waals surface area contributed by atoms with E-state index in [1.165, 1.54) is 11.0 Å². The van der Waals surface area contributed by atoms with Gasteiger partial charge in [-0.15, -0.1) is 0 Å². The molecule has 5 nitrogen and oxygen atoms in total. The van der Waals surface area contributed by atoms with Crippen LogP contribution in [-0.2, 0) is 4.79 Å². The van der Waals surface area contributed by atoms with Crippen LogP contribution in [0.2, 0.25) is 0 Å². The third kappa shape index (κ3) is 3.12. The second kappa shape index (κ2) is 5.67. The maximum Gasteiger partial charge on any atom is 0.407 e. The predicted octanol–water partition coefficient (Wildman–Crippen LogP) is 2.68. The van der Waals surface area contributed by atoms with Gasteiger partial charge in [0.15, 0.2) is 0 Å². The first-order chi connectivity index (χ1) is 9.83. The van der Waals surface area contributed by atoms with E-state index in [9.17, 15) is 18.4 Å². The van der Waals surface area contributed by atoms with Gasteiger partial charge in [0.25, 0.3) is 0 Å². The SMILES string of the molecule is CC1(C(=O)Nc2c(F)cccc2F)CCN(C(=O)O)CC1. The minimum Gasteiger partial charge on any atom is -0.465 e. The monoisotopic (exact) mass is 298 g/mol. The zero-order valence-corrected chi connectivity index (χ0v) is 11.5. The molecule has 1 heterocycles. The Hall–Kier alpha value is -2.18. The van der Waals surface area contributed by atoms with E-state index >= 15 is 0 Å². The summed E-state index contributed by atoms with van der Waals surface area (Å²) in [6.45, 7) is 2.11. The summed E-state index contributed by atoms with van der Waals surface area (Å²) in [5, 5.41) is 11.2. The molecule has 2 N–H and O–H groups in total. The summed E-state index contributed by atoms with van der Waals surface area (Å²) in [5.41, 5.74) is -1.31. The Kier molecular flexibility index (Phi) is 4.11. The maximum atomic E-state index is 13.5. The van der Waals surface area contributed by atoms with Gasteiger partial charge < -0.3 is 15.3 Å². The molecule has 1 aromatic carbocycles. The van der Waals surface area contributed by atoms with Gasteiger partial charge in [0, 0.05) is 13.1 Å². The van der Waals surface area contributed by atoms with E-state index in [2.05, 4.69) is 5.32 Å². The molecular formula is C14H16F2N2O3. The first-order valence-corrected chi connectivity index (χ1v) is 6.57. The standard InChI is InChI=1S/C14H16F2N2O3/c1-14(5-7-18(8-6-14)13(20)21)12(19)17-11-9(15)3-2-4-10(11)16/h2-4H,5-8H2,1H3,(H,17,19)(H,20,21). The summed E-state index contributed by atoms with van der Waals surface area (Å²) in [5.74, 6) is -2.18. The third-order valence-corrected chi connectivity index (χ3v) is 3.89. The average Bonchev–Trinajstić information content (AvgIpc) is 2.43. The van der Waals surface area contributed by atoms with E-state index in [1.807, 2.05) is 0 Å². The largest absolute Gasteiger partial charge is 0.465 e. The molecule has 0 aliphatic carbocycles. The number of carboxylic acid groups (broad SMARTS) is 1. The highest BCUT2D eigenvalue weighted by Gasteiger charge is 2.38. The Labute approximate surface area is 120 Å². The van der Waals surface area contributed by atoms with Gasteiger partial charge in [0.2, 0.25) is 5.91 Å². The molecule has 1 aliphatic heterocycles. The number of hydrogen-bond acceptors (Lipinski definition) is 2. The Balaban J connectivity index is 2.09. The van der Waals surface area contributed by atoms with Gasteiger partial charge in [-0.2, -0.15) is 0 Å². The molecule has 0 saturated carbocycles. The summed E-state index contributed by atoms with van der Waals surface area (Å²) >= 11 is 0. The molecule has 1 aromatic rings. The fraction of sp³-hybridized carbons (Fsp3) is 0.429. The number of carbonyl (C=O) groups excluding carboxylic acids is 1. The smallest absolute Gasteiger partial charge is 0.407 e. The first-order valence-electron chi connectivity index (χ1n) is 6.57. The van der Waals surface area contributed by atoms with E-state index in [0.29, 0.717) is 12.8 Å². The van der Waals surface area contributed by atoms with Crippen LogP contribution in [0.15, 0.2) is 18.2 Å². The Morgan fingerprint density at radius 2 is 1.76 bits per heavy atom. The lowest BCUT2D eigenvalue weighted by Crippen LogP contribution is -2.46. The summed E-state index contributed by atoms with van der Waals surface area (Å²) in [6.07, 6.45) is -0.416. The molecule has 0 atom stereocenters. The molecule has 1 fully saturated rings. The lowest BCUT2D eigenvalue weighted by atomic mass is 9.79. The van der Waals surface area contributed by atoms with E-state index in [4.69, 9.17) is 5.11 Å². The molecule has 1 aliphatic rings. The highest BCUT2D eigenvalue weighted by atomic mass is 19.1. The highest BCUT2D eigenvalue weighted by Crippen LogP contribution is 2.33. The summed E-state index contributed by atoms with van der Waals surface area (Å²) in [6, 6.07) is 3.34. The lowest BCUT2D eigenvalue weighted by molar-refractivity contribution is -0.127. The molecule has 114 valence electrons. The number of nitrogens with one attached hydrogen (secondary N) is 1. The molecule has 21 heavy (non-hydrogen) atoms. The van der Waals surface area contributed by atoms with Gasteiger partial charge in [0.05, 0.1) is 5.41 Å². The van der Waals surface area contributed by atoms with Crippen molar-refractivity contribution in [2.45, 2.75) is 19.8 Å². The van der Waals surface area contributed by atoms with Crippen molar-refractivity contribution in [1.82, 2.24) is 4.90 Å². The highest BCUT2D eigenvalue weighted by molar-refractivity contribution is 5.95. The molecule has 1 saturated heterocycles. The number of halogens is 2. The van der Waals surface area contributed by atoms with Crippen LogP contribution in [0.5, 0.6) is 0 Å². The van der Waals surface area contributed by atoms with Crippen LogP contribution in [0.1, 0.15) is 19.8 Å². The molecule has 0 bridgehead atoms. The van der Waals surface area contributed by atoms with Gasteiger partial charge in [-0.1, -0.05) is 13.0 Å². The van der Waals surface area contributed by atoms with Gasteiger partial charge in [-0.25, -0.2) is 13.6 Å². The number of benzene rings is 1. The minimum absolute atomic E-state index is 0.221. The van der Waals surface area contributed by atoms with Gasteiger partial charge >= 0.3 is 6.09 Å². The quantitative estimate of drug-likeness (QED) is 0.882. The van der Waals surface area contributed by atoms with Crippen LogP contribution in [0.25, 0.3) is 0 Å². The molecule has 0 unspecified atom stereocenters. The molecule has 0 radical (unpaired) electrons. The molecular weight excluding hydrogens is 282 g/mol. The summed E-state index contributed by atoms with van der Waals surface area (Å²) in [7, 11) is 0. The number of para-hydroxylation sites is 1. The molecule has 0 spiro atoms. The minimum atomic E-state index is -1.03.